The summed E-state index contributed by atoms with van der Waals surface area (Å²) < 4.78 is 11.6. The number of halogens is 1. The second kappa shape index (κ2) is 19.9. The van der Waals surface area contributed by atoms with Crippen molar-refractivity contribution in [2.75, 3.05) is 24.9 Å². The van der Waals surface area contributed by atoms with Gasteiger partial charge in [-0.1, -0.05) is 95.8 Å². The summed E-state index contributed by atoms with van der Waals surface area (Å²) in [5.74, 6) is 2.14. The third kappa shape index (κ3) is 12.3. The van der Waals surface area contributed by atoms with E-state index in [0.717, 1.165) is 17.9 Å². The molecule has 1 N–H and O–H groups in total. The van der Waals surface area contributed by atoms with Crippen molar-refractivity contribution < 1.29 is 14.3 Å². The molecule has 0 radical (unpaired) electrons. The molecule has 0 unspecified atom stereocenters. The molecule has 39 heavy (non-hydrogen) atoms. The van der Waals surface area contributed by atoms with Gasteiger partial charge in [-0.05, 0) is 35.6 Å². The predicted octanol–water partition coefficient (Wildman–Crippen LogP) is 9.58. The molecule has 2 aromatic rings. The predicted molar refractivity (Wildman–Crippen MR) is 171 cm³/mol. The molecule has 0 aliphatic carbocycles. The summed E-state index contributed by atoms with van der Waals surface area (Å²) in [4.78, 5) is 15.3. The lowest BCUT2D eigenvalue weighted by atomic mass is 10.1. The highest BCUT2D eigenvalue weighted by Crippen LogP contribution is 2.31. The third-order valence-corrected chi connectivity index (χ3v) is 7.72. The Morgan fingerprint density at radius 3 is 2.21 bits per heavy atom. The molecule has 1 aliphatic heterocycles. The molecule has 1 amide bonds. The zero-order valence-corrected chi connectivity index (χ0v) is 26.3. The van der Waals surface area contributed by atoms with Crippen molar-refractivity contribution in [3.05, 3.63) is 65.2 Å². The number of ether oxygens (including phenoxy) is 2. The van der Waals surface area contributed by atoms with Crippen LogP contribution >= 0.6 is 28.7 Å². The summed E-state index contributed by atoms with van der Waals surface area (Å²) in [6.07, 6.45) is 17.9. The van der Waals surface area contributed by atoms with E-state index in [2.05, 4.69) is 28.7 Å². The number of hydrogen-bond acceptors (Lipinski definition) is 5. The number of nitrogens with zero attached hydrogens (tertiary/aromatic N) is 1. The first-order valence-electron chi connectivity index (χ1n) is 14.4. The van der Waals surface area contributed by atoms with Gasteiger partial charge in [0, 0.05) is 30.1 Å². The lowest BCUT2D eigenvalue weighted by molar-refractivity contribution is 0.102. The summed E-state index contributed by atoms with van der Waals surface area (Å²) in [7, 11) is 1.64. The second-order valence-corrected chi connectivity index (χ2v) is 10.9. The summed E-state index contributed by atoms with van der Waals surface area (Å²) in [5.41, 5.74) is 2.40. The number of carbonyl (C=O) groups is 1. The van der Waals surface area contributed by atoms with Crippen LogP contribution in [0.5, 0.6) is 11.5 Å². The first-order valence-corrected chi connectivity index (χ1v) is 15.5. The van der Waals surface area contributed by atoms with Crippen LogP contribution < -0.4 is 14.8 Å². The van der Waals surface area contributed by atoms with Gasteiger partial charge in [0.2, 0.25) is 0 Å². The number of carbonyl (C=O) groups excluding carboxylic acids is 1. The van der Waals surface area contributed by atoms with Crippen LogP contribution in [0.3, 0.4) is 0 Å². The van der Waals surface area contributed by atoms with E-state index < -0.39 is 0 Å². The Labute approximate surface area is 250 Å². The van der Waals surface area contributed by atoms with Crippen molar-refractivity contribution in [1.82, 2.24) is 4.90 Å². The molecule has 5 nitrogen and oxygen atoms in total. The highest BCUT2D eigenvalue weighted by Gasteiger charge is 2.15. The Balaban J connectivity index is 0.00000533. The molecular weight excluding hydrogens is 572 g/mol. The van der Waals surface area contributed by atoms with Gasteiger partial charge in [0.05, 0.1) is 19.6 Å². The van der Waals surface area contributed by atoms with Gasteiger partial charge in [-0.15, -0.1) is 28.7 Å². The molecule has 1 aliphatic rings. The van der Waals surface area contributed by atoms with Crippen molar-refractivity contribution in [3.8, 4) is 11.5 Å². The van der Waals surface area contributed by atoms with Gasteiger partial charge >= 0.3 is 0 Å². The monoisotopic (exact) mass is 618 g/mol. The average Bonchev–Trinajstić information content (AvgIpc) is 3.45. The fourth-order valence-electron chi connectivity index (χ4n) is 4.70. The van der Waals surface area contributed by atoms with E-state index in [1.165, 1.54) is 70.6 Å². The third-order valence-electron chi connectivity index (χ3n) is 6.92. The fraction of sp³-hybridized carbons (Fsp3) is 0.531. The zero-order valence-electron chi connectivity index (χ0n) is 23.8. The van der Waals surface area contributed by atoms with Gasteiger partial charge in [-0.2, -0.15) is 0 Å². The van der Waals surface area contributed by atoms with Gasteiger partial charge in [0.1, 0.15) is 0 Å². The first kappa shape index (κ1) is 33.1. The number of unbranched alkanes of at least 4 members (excludes halogenated alkanes) is 11. The van der Waals surface area contributed by atoms with Gasteiger partial charge < -0.3 is 19.7 Å². The minimum Gasteiger partial charge on any atom is -0.493 e. The highest BCUT2D eigenvalue weighted by atomic mass is 79.9. The lowest BCUT2D eigenvalue weighted by Gasteiger charge is -2.17. The minimum absolute atomic E-state index is 0. The van der Waals surface area contributed by atoms with E-state index >= 15 is 0 Å². The number of hydrogen-bond donors (Lipinski definition) is 1. The maximum absolute atomic E-state index is 13.1. The van der Waals surface area contributed by atoms with Crippen LogP contribution in [0.2, 0.25) is 0 Å². The summed E-state index contributed by atoms with van der Waals surface area (Å²) in [5, 5.41) is 5.13. The normalized spacial score (nSPS) is 12.3. The Bertz CT molecular complexity index is 1000. The van der Waals surface area contributed by atoms with Gasteiger partial charge in [0.25, 0.3) is 5.91 Å². The largest absolute Gasteiger partial charge is 0.493 e. The Morgan fingerprint density at radius 1 is 0.897 bits per heavy atom. The van der Waals surface area contributed by atoms with Gasteiger partial charge in [-0.25, -0.2) is 0 Å². The van der Waals surface area contributed by atoms with E-state index in [1.54, 1.807) is 18.9 Å². The van der Waals surface area contributed by atoms with Crippen LogP contribution in [0.15, 0.2) is 54.1 Å². The molecule has 216 valence electrons. The van der Waals surface area contributed by atoms with Crippen molar-refractivity contribution in [3.63, 3.8) is 0 Å². The van der Waals surface area contributed by atoms with Crippen molar-refractivity contribution >= 4 is 40.3 Å². The second-order valence-electron chi connectivity index (χ2n) is 10.0. The van der Waals surface area contributed by atoms with Crippen LogP contribution in [0, 0.1) is 0 Å². The van der Waals surface area contributed by atoms with E-state index in [9.17, 15) is 4.79 Å². The maximum Gasteiger partial charge on any atom is 0.256 e. The molecule has 3 rings (SSSR count). The Hall–Kier alpha value is -2.12. The van der Waals surface area contributed by atoms with Crippen LogP contribution in [0.4, 0.5) is 5.69 Å². The van der Waals surface area contributed by atoms with Crippen molar-refractivity contribution in [1.29, 1.82) is 0 Å². The number of thioether (sulfide) groups is 1. The number of methoxy groups -OCH3 is 1. The van der Waals surface area contributed by atoms with Crippen molar-refractivity contribution in [2.45, 2.75) is 90.5 Å². The maximum atomic E-state index is 13.1. The molecular formula is C32H47BrN2O3S. The number of anilines is 1. The molecule has 0 bridgehead atoms. The minimum atomic E-state index is -0.117. The number of amides is 1. The molecule has 0 aromatic heterocycles. The molecule has 0 saturated heterocycles. The average molecular weight is 620 g/mol. The Morgan fingerprint density at radius 2 is 1.56 bits per heavy atom. The smallest absolute Gasteiger partial charge is 0.256 e. The molecule has 0 spiro atoms. The zero-order chi connectivity index (χ0) is 26.8. The number of nitrogens with one attached hydrogen (secondary N) is 1. The van der Waals surface area contributed by atoms with E-state index in [4.69, 9.17) is 9.47 Å². The van der Waals surface area contributed by atoms with Crippen LogP contribution in [0.25, 0.3) is 0 Å². The van der Waals surface area contributed by atoms with Gasteiger partial charge in [0.15, 0.2) is 11.5 Å². The number of rotatable bonds is 19. The van der Waals surface area contributed by atoms with E-state index in [0.29, 0.717) is 35.9 Å². The number of benzene rings is 2. The van der Waals surface area contributed by atoms with Gasteiger partial charge in [-0.3, -0.25) is 4.79 Å². The lowest BCUT2D eigenvalue weighted by Crippen LogP contribution is -2.19. The molecule has 0 fully saturated rings. The molecule has 0 atom stereocenters. The quantitative estimate of drug-likeness (QED) is 0.159. The molecule has 1 heterocycles. The standard InChI is InChI=1S/C32H46N2O3S.BrH/c1-3-4-5-6-7-8-9-10-11-12-13-16-22-37-31-24-28(19-20-30(31)36-2)33-32(35)29-18-15-14-17-27(29)25-34-21-23-38-26-34;/h14-15,17-21,23-24H,3-13,16,22,25-26H2,1-2H3,(H,33,35);1H. The van der Waals surface area contributed by atoms with Crippen LogP contribution in [-0.4, -0.2) is 30.4 Å². The summed E-state index contributed by atoms with van der Waals surface area (Å²) >= 11 is 1.76. The van der Waals surface area contributed by atoms with Crippen molar-refractivity contribution in [2.24, 2.45) is 0 Å². The highest BCUT2D eigenvalue weighted by molar-refractivity contribution is 8.93. The van der Waals surface area contributed by atoms with Crippen LogP contribution in [0.1, 0.15) is 99.9 Å². The van der Waals surface area contributed by atoms with E-state index in [1.807, 2.05) is 42.5 Å². The Kier molecular flexibility index (Phi) is 16.9. The van der Waals surface area contributed by atoms with Crippen LogP contribution in [-0.2, 0) is 6.54 Å². The topological polar surface area (TPSA) is 50.8 Å². The molecule has 2 aromatic carbocycles. The SMILES string of the molecule is Br.CCCCCCCCCCCCCCOc1cc(NC(=O)c2ccccc2CN2C=CSC2)ccc1OC. The summed E-state index contributed by atoms with van der Waals surface area (Å²) in [6.45, 7) is 3.63. The summed E-state index contributed by atoms with van der Waals surface area (Å²) in [6, 6.07) is 13.4. The molecule has 7 heteroatoms. The fourth-order valence-corrected chi connectivity index (χ4v) is 5.41. The first-order chi connectivity index (χ1) is 18.7. The molecule has 0 saturated carbocycles. The van der Waals surface area contributed by atoms with E-state index in [-0.39, 0.29) is 22.9 Å².